The van der Waals surface area contributed by atoms with E-state index in [0.717, 1.165) is 25.7 Å². The van der Waals surface area contributed by atoms with Gasteiger partial charge in [0.2, 0.25) is 5.91 Å². The molecule has 4 aliphatic carbocycles. The van der Waals surface area contributed by atoms with E-state index >= 15 is 0 Å². The molecule has 6 heteroatoms. The van der Waals surface area contributed by atoms with E-state index in [1.807, 2.05) is 0 Å². The van der Waals surface area contributed by atoms with Crippen LogP contribution in [-0.4, -0.2) is 30.0 Å². The van der Waals surface area contributed by atoms with E-state index in [-0.39, 0.29) is 53.7 Å². The summed E-state index contributed by atoms with van der Waals surface area (Å²) >= 11 is 0. The minimum atomic E-state index is -0.562. The number of amides is 1. The van der Waals surface area contributed by atoms with E-state index in [9.17, 15) is 19.2 Å². The van der Waals surface area contributed by atoms with Crippen LogP contribution in [0.15, 0.2) is 35.5 Å². The maximum atomic E-state index is 13.2. The number of nitrogens with two attached hydrogens (primary N) is 1. The number of ether oxygens (including phenoxy) is 1. The first-order valence-electron chi connectivity index (χ1n) is 11.7. The van der Waals surface area contributed by atoms with Gasteiger partial charge in [-0.25, -0.2) is 0 Å². The standard InChI is InChI=1S/C26H33NO5/c1-15-12-20-18-5-4-16-13-17(28)8-10-25(16,2)19(18)9-11-26(20,3)24(15)21(29)14-32-23(31)7-6-22(27)30/h8-10,13,15,18,20,24H,4-7,11-12,14H2,1-3H3,(H2,27,30)/t15-,18?,20?,24+,25-,26-/m0/s1. The van der Waals surface area contributed by atoms with Gasteiger partial charge in [-0.2, -0.15) is 0 Å². The molecule has 172 valence electrons. The van der Waals surface area contributed by atoms with Crippen molar-refractivity contribution in [1.29, 1.82) is 0 Å². The zero-order valence-electron chi connectivity index (χ0n) is 19.2. The fourth-order valence-electron chi connectivity index (χ4n) is 7.11. The molecule has 2 fully saturated rings. The maximum Gasteiger partial charge on any atom is 0.306 e. The number of primary amides is 1. The van der Waals surface area contributed by atoms with Crippen LogP contribution in [0, 0.1) is 34.5 Å². The molecule has 0 spiro atoms. The molecule has 4 rings (SSSR count). The van der Waals surface area contributed by atoms with Gasteiger partial charge in [0.15, 0.2) is 11.6 Å². The van der Waals surface area contributed by atoms with Gasteiger partial charge in [-0.3, -0.25) is 19.2 Å². The number of allylic oxidation sites excluding steroid dienone is 6. The predicted molar refractivity (Wildman–Crippen MR) is 119 cm³/mol. The second-order valence-corrected chi connectivity index (χ2v) is 10.5. The number of esters is 1. The van der Waals surface area contributed by atoms with Crippen molar-refractivity contribution in [3.05, 3.63) is 35.5 Å². The van der Waals surface area contributed by atoms with Crippen molar-refractivity contribution in [2.45, 2.75) is 59.3 Å². The Labute approximate surface area is 189 Å². The van der Waals surface area contributed by atoms with Gasteiger partial charge in [-0.05, 0) is 67.9 Å². The van der Waals surface area contributed by atoms with Crippen LogP contribution in [-0.2, 0) is 23.9 Å². The summed E-state index contributed by atoms with van der Waals surface area (Å²) in [4.78, 5) is 47.8. The molecule has 2 saturated carbocycles. The van der Waals surface area contributed by atoms with Gasteiger partial charge in [0.25, 0.3) is 0 Å². The van der Waals surface area contributed by atoms with Crippen molar-refractivity contribution in [1.82, 2.24) is 0 Å². The first-order valence-corrected chi connectivity index (χ1v) is 11.7. The minimum Gasteiger partial charge on any atom is -0.458 e. The Balaban J connectivity index is 1.52. The zero-order chi connectivity index (χ0) is 23.3. The number of hydrogen-bond donors (Lipinski definition) is 1. The number of rotatable bonds is 6. The minimum absolute atomic E-state index is 0.0301. The van der Waals surface area contributed by atoms with E-state index in [2.05, 4.69) is 32.9 Å². The molecule has 4 aliphatic rings. The zero-order valence-corrected chi connectivity index (χ0v) is 19.2. The molecule has 0 heterocycles. The van der Waals surface area contributed by atoms with E-state index in [1.54, 1.807) is 12.2 Å². The molecular weight excluding hydrogens is 406 g/mol. The first kappa shape index (κ1) is 22.7. The SMILES string of the molecule is C[C@H]1CC2C3CCC4=CC(=O)C=C[C@]4(C)C3=CC[C@]2(C)[C@H]1C(=O)COC(=O)CCC(N)=O. The molecule has 0 aromatic carbocycles. The highest BCUT2D eigenvalue weighted by Crippen LogP contribution is 2.65. The molecule has 1 amide bonds. The highest BCUT2D eigenvalue weighted by molar-refractivity contribution is 6.01. The van der Waals surface area contributed by atoms with Crippen molar-refractivity contribution >= 4 is 23.4 Å². The van der Waals surface area contributed by atoms with Gasteiger partial charge in [-0.15, -0.1) is 0 Å². The van der Waals surface area contributed by atoms with Gasteiger partial charge in [0.05, 0.1) is 6.42 Å². The topological polar surface area (TPSA) is 104 Å². The molecule has 6 atom stereocenters. The Morgan fingerprint density at radius 2 is 1.97 bits per heavy atom. The summed E-state index contributed by atoms with van der Waals surface area (Å²) in [6.07, 6.45) is 11.4. The van der Waals surface area contributed by atoms with Crippen LogP contribution < -0.4 is 5.73 Å². The first-order chi connectivity index (χ1) is 15.1. The van der Waals surface area contributed by atoms with Crippen molar-refractivity contribution in [3.8, 4) is 0 Å². The molecule has 0 radical (unpaired) electrons. The lowest BCUT2D eigenvalue weighted by Crippen LogP contribution is -2.45. The molecule has 6 nitrogen and oxygen atoms in total. The van der Waals surface area contributed by atoms with E-state index in [0.29, 0.717) is 11.8 Å². The third kappa shape index (κ3) is 3.67. The summed E-state index contributed by atoms with van der Waals surface area (Å²) < 4.78 is 5.18. The summed E-state index contributed by atoms with van der Waals surface area (Å²) in [7, 11) is 0. The average molecular weight is 440 g/mol. The lowest BCUT2D eigenvalue weighted by atomic mass is 9.52. The van der Waals surface area contributed by atoms with Gasteiger partial charge in [-0.1, -0.05) is 37.1 Å². The van der Waals surface area contributed by atoms with Crippen LogP contribution in [0.3, 0.4) is 0 Å². The maximum absolute atomic E-state index is 13.2. The molecule has 2 unspecified atom stereocenters. The third-order valence-electron chi connectivity index (χ3n) is 8.59. The molecular formula is C26H33NO5. The van der Waals surface area contributed by atoms with Crippen LogP contribution in [0.5, 0.6) is 0 Å². The second kappa shape index (κ2) is 8.13. The summed E-state index contributed by atoms with van der Waals surface area (Å²) in [5, 5.41) is 0. The Bertz CT molecular complexity index is 959. The van der Waals surface area contributed by atoms with Crippen LogP contribution >= 0.6 is 0 Å². The molecule has 0 aromatic heterocycles. The van der Waals surface area contributed by atoms with E-state index < -0.39 is 11.9 Å². The molecule has 0 aromatic rings. The Kier molecular flexibility index (Phi) is 5.76. The van der Waals surface area contributed by atoms with Crippen molar-refractivity contribution < 1.29 is 23.9 Å². The molecule has 32 heavy (non-hydrogen) atoms. The smallest absolute Gasteiger partial charge is 0.306 e. The summed E-state index contributed by atoms with van der Waals surface area (Å²) in [6.45, 7) is 6.33. The van der Waals surface area contributed by atoms with Crippen LogP contribution in [0.4, 0.5) is 0 Å². The lowest BCUT2D eigenvalue weighted by molar-refractivity contribution is -0.151. The van der Waals surface area contributed by atoms with E-state index in [4.69, 9.17) is 10.5 Å². The van der Waals surface area contributed by atoms with Gasteiger partial charge >= 0.3 is 5.97 Å². The Morgan fingerprint density at radius 1 is 1.22 bits per heavy atom. The van der Waals surface area contributed by atoms with Crippen molar-refractivity contribution in [2.75, 3.05) is 6.61 Å². The lowest BCUT2D eigenvalue weighted by Gasteiger charge is -2.52. The van der Waals surface area contributed by atoms with Crippen LogP contribution in [0.25, 0.3) is 0 Å². The van der Waals surface area contributed by atoms with Crippen molar-refractivity contribution in [2.24, 2.45) is 40.2 Å². The van der Waals surface area contributed by atoms with Crippen LogP contribution in [0.2, 0.25) is 0 Å². The Morgan fingerprint density at radius 3 is 2.69 bits per heavy atom. The molecule has 0 aliphatic heterocycles. The highest BCUT2D eigenvalue weighted by Gasteiger charge is 2.59. The largest absolute Gasteiger partial charge is 0.458 e. The highest BCUT2D eigenvalue weighted by atomic mass is 16.5. The number of carbonyl (C=O) groups excluding carboxylic acids is 4. The number of hydrogen-bond acceptors (Lipinski definition) is 5. The number of fused-ring (bicyclic) bond motifs is 5. The predicted octanol–water partition coefficient (Wildman–Crippen LogP) is 3.45. The van der Waals surface area contributed by atoms with Gasteiger partial charge in [0, 0.05) is 17.8 Å². The summed E-state index contributed by atoms with van der Waals surface area (Å²) in [6, 6.07) is 0. The summed E-state index contributed by atoms with van der Waals surface area (Å²) in [5.74, 6) is -0.248. The fraction of sp³-hybridized carbons (Fsp3) is 0.615. The molecule has 0 saturated heterocycles. The molecule has 2 N–H and O–H groups in total. The molecule has 0 bridgehead atoms. The average Bonchev–Trinajstić information content (AvgIpc) is 3.01. The number of carbonyl (C=O) groups is 4. The quantitative estimate of drug-likeness (QED) is 0.504. The van der Waals surface area contributed by atoms with Crippen molar-refractivity contribution in [3.63, 3.8) is 0 Å². The monoisotopic (exact) mass is 439 g/mol. The third-order valence-corrected chi connectivity index (χ3v) is 8.59. The second-order valence-electron chi connectivity index (χ2n) is 10.5. The van der Waals surface area contributed by atoms with E-state index in [1.165, 1.54) is 11.1 Å². The number of ketones is 2. The normalized spacial score (nSPS) is 37.5. The Hall–Kier alpha value is -2.50. The number of Topliss-reactive ketones (excluding diaryl/α,β-unsaturated/α-hetero) is 1. The van der Waals surface area contributed by atoms with Gasteiger partial charge < -0.3 is 10.5 Å². The fourth-order valence-corrected chi connectivity index (χ4v) is 7.11. The van der Waals surface area contributed by atoms with Gasteiger partial charge in [0.1, 0.15) is 6.61 Å². The summed E-state index contributed by atoms with van der Waals surface area (Å²) in [5.41, 5.74) is 7.32. The van der Waals surface area contributed by atoms with Crippen LogP contribution in [0.1, 0.15) is 59.3 Å².